The smallest absolute Gasteiger partial charge is 0.147 e. The second kappa shape index (κ2) is 7.30. The molecule has 6 heteroatoms. The van der Waals surface area contributed by atoms with E-state index in [-0.39, 0.29) is 5.41 Å². The minimum absolute atomic E-state index is 0.266. The summed E-state index contributed by atoms with van der Waals surface area (Å²) in [5.74, 6) is 0.939. The minimum atomic E-state index is 0.266. The Morgan fingerprint density at radius 3 is 2.62 bits per heavy atom. The highest BCUT2D eigenvalue weighted by Crippen LogP contribution is 2.35. The lowest BCUT2D eigenvalue weighted by molar-refractivity contribution is 0.258. The maximum Gasteiger partial charge on any atom is 0.147 e. The zero-order chi connectivity index (χ0) is 17.2. The average molecular weight is 363 g/mol. The summed E-state index contributed by atoms with van der Waals surface area (Å²) in [6.07, 6.45) is 5.88. The first kappa shape index (κ1) is 17.5. The van der Waals surface area contributed by atoms with Gasteiger partial charge in [0.25, 0.3) is 0 Å². The van der Waals surface area contributed by atoms with Gasteiger partial charge in [0.2, 0.25) is 0 Å². The highest BCUT2D eigenvalue weighted by Gasteiger charge is 2.29. The number of aromatic nitrogens is 2. The number of nitrogens with zero attached hydrogens (tertiary/aromatic N) is 3. The van der Waals surface area contributed by atoms with Gasteiger partial charge in [0.1, 0.15) is 10.8 Å². The Bertz CT molecular complexity index is 697. The van der Waals surface area contributed by atoms with Crippen molar-refractivity contribution in [2.45, 2.75) is 36.6 Å². The Balaban J connectivity index is 1.67. The molecular formula is C18H23ClN4S. The zero-order valence-corrected chi connectivity index (χ0v) is 15.7. The third kappa shape index (κ3) is 3.85. The molecule has 1 saturated heterocycles. The standard InChI is InChI=1S/C18H23ClN4S/c1-13-4-3-5-14(17(13)19)24-16-11-21-15(10-22-16)23-8-6-18(2,12-20)7-9-23/h3-5,10-11H,6-9,12,20H2,1-2H3. The molecule has 1 fully saturated rings. The summed E-state index contributed by atoms with van der Waals surface area (Å²) >= 11 is 7.90. The Kier molecular flexibility index (Phi) is 5.33. The van der Waals surface area contributed by atoms with Gasteiger partial charge in [-0.3, -0.25) is 0 Å². The lowest BCUT2D eigenvalue weighted by atomic mass is 9.80. The first-order valence-electron chi connectivity index (χ1n) is 8.21. The number of aryl methyl sites for hydroxylation is 1. The van der Waals surface area contributed by atoms with Gasteiger partial charge in [-0.1, -0.05) is 42.4 Å². The van der Waals surface area contributed by atoms with Gasteiger partial charge >= 0.3 is 0 Å². The summed E-state index contributed by atoms with van der Waals surface area (Å²) in [5, 5.41) is 1.64. The van der Waals surface area contributed by atoms with Crippen molar-refractivity contribution < 1.29 is 0 Å². The normalized spacial score (nSPS) is 17.1. The molecule has 0 spiro atoms. The maximum atomic E-state index is 6.35. The topological polar surface area (TPSA) is 55.0 Å². The van der Waals surface area contributed by atoms with Gasteiger partial charge in [-0.25, -0.2) is 9.97 Å². The molecule has 0 amide bonds. The fourth-order valence-corrected chi connectivity index (χ4v) is 3.89. The summed E-state index contributed by atoms with van der Waals surface area (Å²) in [6.45, 7) is 6.99. The average Bonchev–Trinajstić information content (AvgIpc) is 2.60. The Hall–Kier alpha value is -1.30. The van der Waals surface area contributed by atoms with Gasteiger partial charge in [0, 0.05) is 18.0 Å². The number of nitrogens with two attached hydrogens (primary N) is 1. The van der Waals surface area contributed by atoms with E-state index in [4.69, 9.17) is 17.3 Å². The van der Waals surface area contributed by atoms with Crippen LogP contribution in [0.4, 0.5) is 5.82 Å². The van der Waals surface area contributed by atoms with E-state index in [2.05, 4.69) is 21.8 Å². The van der Waals surface area contributed by atoms with Crippen LogP contribution in [0.25, 0.3) is 0 Å². The molecule has 1 aromatic carbocycles. The van der Waals surface area contributed by atoms with Gasteiger partial charge in [-0.05, 0) is 43.4 Å². The van der Waals surface area contributed by atoms with Gasteiger partial charge in [0.15, 0.2) is 0 Å². The van der Waals surface area contributed by atoms with Crippen molar-refractivity contribution in [2.75, 3.05) is 24.5 Å². The van der Waals surface area contributed by atoms with Crippen molar-refractivity contribution in [1.29, 1.82) is 0 Å². The molecule has 4 nitrogen and oxygen atoms in total. The molecule has 2 aromatic rings. The highest BCUT2D eigenvalue weighted by atomic mass is 35.5. The largest absolute Gasteiger partial charge is 0.355 e. The molecule has 2 heterocycles. The fourth-order valence-electron chi connectivity index (χ4n) is 2.82. The van der Waals surface area contributed by atoms with Crippen molar-refractivity contribution >= 4 is 29.2 Å². The van der Waals surface area contributed by atoms with E-state index in [0.29, 0.717) is 0 Å². The molecule has 128 valence electrons. The molecule has 3 rings (SSSR count). The van der Waals surface area contributed by atoms with E-state index in [1.165, 1.54) is 0 Å². The fraction of sp³-hybridized carbons (Fsp3) is 0.444. The lowest BCUT2D eigenvalue weighted by Crippen LogP contribution is -2.42. The molecule has 0 aliphatic carbocycles. The molecule has 0 radical (unpaired) electrons. The lowest BCUT2D eigenvalue weighted by Gasteiger charge is -2.39. The first-order valence-corrected chi connectivity index (χ1v) is 9.40. The number of halogens is 1. The predicted octanol–water partition coefficient (Wildman–Crippen LogP) is 4.15. The van der Waals surface area contributed by atoms with Crippen molar-refractivity contribution in [2.24, 2.45) is 11.1 Å². The molecule has 1 aliphatic rings. The van der Waals surface area contributed by atoms with Crippen LogP contribution in [0.5, 0.6) is 0 Å². The molecule has 0 unspecified atom stereocenters. The zero-order valence-electron chi connectivity index (χ0n) is 14.1. The molecular weight excluding hydrogens is 340 g/mol. The number of piperidine rings is 1. The predicted molar refractivity (Wildman–Crippen MR) is 101 cm³/mol. The van der Waals surface area contributed by atoms with Crippen molar-refractivity contribution in [3.05, 3.63) is 41.2 Å². The molecule has 0 atom stereocenters. The summed E-state index contributed by atoms with van der Waals surface area (Å²) in [6, 6.07) is 6.02. The molecule has 1 aliphatic heterocycles. The van der Waals surface area contributed by atoms with E-state index in [0.717, 1.165) is 58.8 Å². The Labute approximate surface area is 152 Å². The molecule has 0 saturated carbocycles. The van der Waals surface area contributed by atoms with Crippen molar-refractivity contribution in [1.82, 2.24) is 9.97 Å². The van der Waals surface area contributed by atoms with E-state index in [1.54, 1.807) is 11.8 Å². The molecule has 1 aromatic heterocycles. The third-order valence-electron chi connectivity index (χ3n) is 4.77. The monoisotopic (exact) mass is 362 g/mol. The van der Waals surface area contributed by atoms with Crippen LogP contribution < -0.4 is 10.6 Å². The third-order valence-corrected chi connectivity index (χ3v) is 6.37. The maximum absolute atomic E-state index is 6.35. The van der Waals surface area contributed by atoms with Gasteiger partial charge in [-0.15, -0.1) is 0 Å². The van der Waals surface area contributed by atoms with Crippen LogP contribution in [-0.2, 0) is 0 Å². The molecule has 2 N–H and O–H groups in total. The van der Waals surface area contributed by atoms with Crippen molar-refractivity contribution in [3.8, 4) is 0 Å². The van der Waals surface area contributed by atoms with Crippen LogP contribution in [0.3, 0.4) is 0 Å². The molecule has 24 heavy (non-hydrogen) atoms. The minimum Gasteiger partial charge on any atom is -0.355 e. The number of rotatable bonds is 4. The Morgan fingerprint density at radius 2 is 2.00 bits per heavy atom. The SMILES string of the molecule is Cc1cccc(Sc2cnc(N3CCC(C)(CN)CC3)cn2)c1Cl. The number of benzene rings is 1. The Morgan fingerprint density at radius 1 is 1.25 bits per heavy atom. The summed E-state index contributed by atoms with van der Waals surface area (Å²) < 4.78 is 0. The van der Waals surface area contributed by atoms with Crippen LogP contribution in [0, 0.1) is 12.3 Å². The summed E-state index contributed by atoms with van der Waals surface area (Å²) in [4.78, 5) is 12.4. The quantitative estimate of drug-likeness (QED) is 0.885. The second-order valence-electron chi connectivity index (χ2n) is 6.70. The van der Waals surface area contributed by atoms with Crippen LogP contribution in [0.2, 0.25) is 5.02 Å². The van der Waals surface area contributed by atoms with Crippen LogP contribution in [0.1, 0.15) is 25.3 Å². The van der Waals surface area contributed by atoms with Gasteiger partial charge < -0.3 is 10.6 Å². The van der Waals surface area contributed by atoms with Gasteiger partial charge in [-0.2, -0.15) is 0 Å². The van der Waals surface area contributed by atoms with Crippen LogP contribution in [0.15, 0.2) is 40.5 Å². The van der Waals surface area contributed by atoms with Crippen LogP contribution in [-0.4, -0.2) is 29.6 Å². The van der Waals surface area contributed by atoms with E-state index in [1.807, 2.05) is 37.5 Å². The number of anilines is 1. The second-order valence-corrected chi connectivity index (χ2v) is 8.14. The highest BCUT2D eigenvalue weighted by molar-refractivity contribution is 7.99. The van der Waals surface area contributed by atoms with Crippen molar-refractivity contribution in [3.63, 3.8) is 0 Å². The summed E-state index contributed by atoms with van der Waals surface area (Å²) in [7, 11) is 0. The van der Waals surface area contributed by atoms with E-state index in [9.17, 15) is 0 Å². The van der Waals surface area contributed by atoms with E-state index < -0.39 is 0 Å². The molecule has 0 bridgehead atoms. The summed E-state index contributed by atoms with van der Waals surface area (Å²) in [5.41, 5.74) is 7.21. The number of hydrogen-bond acceptors (Lipinski definition) is 5. The van der Waals surface area contributed by atoms with Crippen LogP contribution >= 0.6 is 23.4 Å². The van der Waals surface area contributed by atoms with E-state index >= 15 is 0 Å². The number of hydrogen-bond donors (Lipinski definition) is 1. The van der Waals surface area contributed by atoms with Gasteiger partial charge in [0.05, 0.1) is 17.4 Å². The first-order chi connectivity index (χ1) is 11.5.